The van der Waals surface area contributed by atoms with Gasteiger partial charge in [0, 0.05) is 16.7 Å². The smallest absolute Gasteiger partial charge is 0.246 e. The number of hydrogen-bond acceptors (Lipinski definition) is 2. The number of aryl methyl sites for hydroxylation is 2. The zero-order valence-corrected chi connectivity index (χ0v) is 15.1. The van der Waals surface area contributed by atoms with E-state index in [-0.39, 0.29) is 11.9 Å². The number of para-hydroxylation sites is 1. The Balaban J connectivity index is 1.78. The van der Waals surface area contributed by atoms with Crippen LogP contribution in [0.2, 0.25) is 0 Å². The molecular formula is C19H21BrN2O. The molecule has 1 heterocycles. The van der Waals surface area contributed by atoms with Gasteiger partial charge in [-0.1, -0.05) is 24.3 Å². The first kappa shape index (κ1) is 16.1. The largest absolute Gasteiger partial charge is 0.360 e. The van der Waals surface area contributed by atoms with Crippen LogP contribution in [0, 0.1) is 6.92 Å². The van der Waals surface area contributed by atoms with Crippen LogP contribution in [-0.4, -0.2) is 18.5 Å². The first-order valence-electron chi connectivity index (χ1n) is 7.98. The minimum absolute atomic E-state index is 0.0197. The molecule has 0 unspecified atom stereocenters. The van der Waals surface area contributed by atoms with Crippen molar-refractivity contribution in [2.24, 2.45) is 0 Å². The van der Waals surface area contributed by atoms with Crippen LogP contribution in [-0.2, 0) is 11.2 Å². The molecule has 2 aromatic carbocycles. The molecule has 0 bridgehead atoms. The predicted molar refractivity (Wildman–Crippen MR) is 99.1 cm³/mol. The number of amides is 1. The number of hydrogen-bond donors (Lipinski definition) is 1. The van der Waals surface area contributed by atoms with E-state index in [0.29, 0.717) is 0 Å². The van der Waals surface area contributed by atoms with Gasteiger partial charge in [0.25, 0.3) is 0 Å². The summed E-state index contributed by atoms with van der Waals surface area (Å²) in [5, 5.41) is 3.04. The number of carbonyl (C=O) groups excluding carboxylic acids is 1. The van der Waals surface area contributed by atoms with Crippen LogP contribution in [0.1, 0.15) is 24.5 Å². The second-order valence-electron chi connectivity index (χ2n) is 6.07. The van der Waals surface area contributed by atoms with E-state index in [1.807, 2.05) is 38.1 Å². The Kier molecular flexibility index (Phi) is 4.71. The first-order chi connectivity index (χ1) is 11.1. The number of nitrogens with zero attached hydrogens (tertiary/aromatic N) is 1. The Morgan fingerprint density at radius 3 is 2.83 bits per heavy atom. The van der Waals surface area contributed by atoms with Crippen molar-refractivity contribution < 1.29 is 4.79 Å². The highest BCUT2D eigenvalue weighted by molar-refractivity contribution is 9.10. The topological polar surface area (TPSA) is 32.3 Å². The van der Waals surface area contributed by atoms with E-state index in [4.69, 9.17) is 0 Å². The lowest BCUT2D eigenvalue weighted by Crippen LogP contribution is -2.44. The summed E-state index contributed by atoms with van der Waals surface area (Å²) in [6.07, 6.45) is 2.17. The van der Waals surface area contributed by atoms with Gasteiger partial charge < -0.3 is 10.2 Å². The minimum atomic E-state index is -0.204. The number of halogens is 1. The molecule has 2 aromatic rings. The summed E-state index contributed by atoms with van der Waals surface area (Å²) in [4.78, 5) is 14.9. The Morgan fingerprint density at radius 2 is 2.04 bits per heavy atom. The Morgan fingerprint density at radius 1 is 1.26 bits per heavy atom. The maximum Gasteiger partial charge on any atom is 0.246 e. The molecule has 0 fully saturated rings. The highest BCUT2D eigenvalue weighted by Gasteiger charge is 2.26. The van der Waals surface area contributed by atoms with Crippen molar-refractivity contribution in [3.05, 3.63) is 58.1 Å². The number of rotatable bonds is 3. The van der Waals surface area contributed by atoms with Crippen LogP contribution in [0.15, 0.2) is 46.9 Å². The number of fused-ring (bicyclic) bond motifs is 1. The molecule has 1 N–H and O–H groups in total. The molecule has 120 valence electrons. The molecule has 23 heavy (non-hydrogen) atoms. The Bertz CT molecular complexity index is 729. The molecule has 0 saturated heterocycles. The summed E-state index contributed by atoms with van der Waals surface area (Å²) in [6.45, 7) is 4.92. The number of nitrogens with one attached hydrogen (secondary N) is 1. The van der Waals surface area contributed by atoms with Crippen molar-refractivity contribution in [1.82, 2.24) is 0 Å². The summed E-state index contributed by atoms with van der Waals surface area (Å²) in [5.74, 6) is 0.0197. The summed E-state index contributed by atoms with van der Waals surface area (Å²) >= 11 is 3.52. The maximum atomic E-state index is 12.7. The molecule has 0 aromatic heterocycles. The summed E-state index contributed by atoms with van der Waals surface area (Å²) in [6, 6.07) is 14.1. The second-order valence-corrected chi connectivity index (χ2v) is 6.93. The molecule has 0 radical (unpaired) electrons. The van der Waals surface area contributed by atoms with E-state index in [0.717, 1.165) is 35.1 Å². The Labute approximate surface area is 145 Å². The van der Waals surface area contributed by atoms with Crippen molar-refractivity contribution >= 4 is 33.2 Å². The third kappa shape index (κ3) is 3.42. The first-order valence-corrected chi connectivity index (χ1v) is 8.77. The van der Waals surface area contributed by atoms with Gasteiger partial charge in [-0.15, -0.1) is 0 Å². The third-order valence-corrected chi connectivity index (χ3v) is 5.03. The van der Waals surface area contributed by atoms with Gasteiger partial charge in [-0.3, -0.25) is 4.79 Å². The van der Waals surface area contributed by atoms with Crippen LogP contribution >= 0.6 is 15.9 Å². The molecule has 3 nitrogen and oxygen atoms in total. The zero-order valence-electron chi connectivity index (χ0n) is 13.5. The highest BCUT2D eigenvalue weighted by Crippen LogP contribution is 2.29. The molecule has 1 amide bonds. The van der Waals surface area contributed by atoms with Gasteiger partial charge >= 0.3 is 0 Å². The lowest BCUT2D eigenvalue weighted by atomic mass is 10.00. The van der Waals surface area contributed by atoms with Gasteiger partial charge in [0.2, 0.25) is 5.91 Å². The third-order valence-electron chi connectivity index (χ3n) is 4.38. The molecule has 3 rings (SSSR count). The van der Waals surface area contributed by atoms with Crippen molar-refractivity contribution in [3.8, 4) is 0 Å². The van der Waals surface area contributed by atoms with E-state index < -0.39 is 0 Å². The zero-order chi connectivity index (χ0) is 16.4. The van der Waals surface area contributed by atoms with Crippen molar-refractivity contribution in [3.63, 3.8) is 0 Å². The second kappa shape index (κ2) is 6.75. The quantitative estimate of drug-likeness (QED) is 0.857. The molecule has 1 aliphatic heterocycles. The van der Waals surface area contributed by atoms with Crippen molar-refractivity contribution in [2.75, 3.05) is 16.8 Å². The van der Waals surface area contributed by atoms with Crippen LogP contribution < -0.4 is 10.2 Å². The number of carbonyl (C=O) groups is 1. The standard InChI is InChI=1S/C19H21BrN2O/c1-13-9-10-17(16(20)12-13)21-19(23)14(2)22-11-5-7-15-6-3-4-8-18(15)22/h3-4,6,8-10,12,14H,5,7,11H2,1-2H3,(H,21,23)/t14-/m0/s1. The lowest BCUT2D eigenvalue weighted by molar-refractivity contribution is -0.117. The monoisotopic (exact) mass is 372 g/mol. The van der Waals surface area contributed by atoms with Gasteiger partial charge in [0.15, 0.2) is 0 Å². The van der Waals surface area contributed by atoms with E-state index in [1.165, 1.54) is 11.3 Å². The predicted octanol–water partition coefficient (Wildman–Crippen LogP) is 4.54. The van der Waals surface area contributed by atoms with Gasteiger partial charge in [0.05, 0.1) is 5.69 Å². The van der Waals surface area contributed by atoms with E-state index in [1.54, 1.807) is 0 Å². The molecule has 0 saturated carbocycles. The fourth-order valence-electron chi connectivity index (χ4n) is 3.07. The van der Waals surface area contributed by atoms with E-state index >= 15 is 0 Å². The van der Waals surface area contributed by atoms with Crippen molar-refractivity contribution in [1.29, 1.82) is 0 Å². The molecule has 0 spiro atoms. The molecule has 1 aliphatic rings. The van der Waals surface area contributed by atoms with Gasteiger partial charge in [-0.05, 0) is 71.9 Å². The molecule has 1 atom stereocenters. The van der Waals surface area contributed by atoms with E-state index in [9.17, 15) is 4.79 Å². The van der Waals surface area contributed by atoms with Gasteiger partial charge in [0.1, 0.15) is 6.04 Å². The number of anilines is 2. The molecular weight excluding hydrogens is 352 g/mol. The fraction of sp³-hybridized carbons (Fsp3) is 0.316. The molecule has 0 aliphatic carbocycles. The molecule has 4 heteroatoms. The van der Waals surface area contributed by atoms with Crippen LogP contribution in [0.25, 0.3) is 0 Å². The average molecular weight is 373 g/mol. The average Bonchev–Trinajstić information content (AvgIpc) is 2.56. The number of benzene rings is 2. The van der Waals surface area contributed by atoms with Gasteiger partial charge in [-0.25, -0.2) is 0 Å². The minimum Gasteiger partial charge on any atom is -0.360 e. The van der Waals surface area contributed by atoms with Crippen LogP contribution in [0.4, 0.5) is 11.4 Å². The normalized spacial score (nSPS) is 15.0. The van der Waals surface area contributed by atoms with Crippen LogP contribution in [0.3, 0.4) is 0 Å². The highest BCUT2D eigenvalue weighted by atomic mass is 79.9. The summed E-state index contributed by atoms with van der Waals surface area (Å²) < 4.78 is 0.914. The summed E-state index contributed by atoms with van der Waals surface area (Å²) in [7, 11) is 0. The van der Waals surface area contributed by atoms with Crippen LogP contribution in [0.5, 0.6) is 0 Å². The fourth-order valence-corrected chi connectivity index (χ4v) is 3.66. The Hall–Kier alpha value is -1.81. The SMILES string of the molecule is Cc1ccc(NC(=O)[C@H](C)N2CCCc3ccccc32)c(Br)c1. The summed E-state index contributed by atoms with van der Waals surface area (Å²) in [5.41, 5.74) is 4.49. The lowest BCUT2D eigenvalue weighted by Gasteiger charge is -2.35. The van der Waals surface area contributed by atoms with E-state index in [2.05, 4.69) is 44.3 Å². The van der Waals surface area contributed by atoms with Crippen molar-refractivity contribution in [2.45, 2.75) is 32.7 Å². The van der Waals surface area contributed by atoms with Gasteiger partial charge in [-0.2, -0.15) is 0 Å². The maximum absolute atomic E-state index is 12.7.